The van der Waals surface area contributed by atoms with E-state index in [0.717, 1.165) is 32.6 Å². The Morgan fingerprint density at radius 3 is 2.31 bits per heavy atom. The fourth-order valence-corrected chi connectivity index (χ4v) is 1.49. The summed E-state index contributed by atoms with van der Waals surface area (Å²) in [5, 5.41) is 12.7. The Morgan fingerprint density at radius 2 is 2.00 bits per heavy atom. The molecule has 78 valence electrons. The van der Waals surface area contributed by atoms with Crippen molar-refractivity contribution >= 4 is 0 Å². The molecule has 0 saturated carbocycles. The van der Waals surface area contributed by atoms with E-state index in [1.54, 1.807) is 0 Å². The number of hydrogen-bond acceptors (Lipinski definition) is 3. The van der Waals surface area contributed by atoms with Crippen LogP contribution in [0.5, 0.6) is 0 Å². The molecule has 0 aliphatic carbocycles. The molecule has 0 radical (unpaired) electrons. The molecule has 0 bridgehead atoms. The summed E-state index contributed by atoms with van der Waals surface area (Å²) in [4.78, 5) is 0. The van der Waals surface area contributed by atoms with Crippen LogP contribution in [0.2, 0.25) is 0 Å². The van der Waals surface area contributed by atoms with E-state index >= 15 is 0 Å². The maximum absolute atomic E-state index is 9.31. The molecule has 3 nitrogen and oxygen atoms in total. The van der Waals surface area contributed by atoms with Crippen LogP contribution in [0.1, 0.15) is 26.7 Å². The fraction of sp³-hybridized carbons (Fsp3) is 1.00. The van der Waals surface area contributed by atoms with E-state index in [4.69, 9.17) is 4.74 Å². The van der Waals surface area contributed by atoms with Crippen molar-refractivity contribution in [2.75, 3.05) is 26.4 Å². The summed E-state index contributed by atoms with van der Waals surface area (Å²) in [6, 6.07) is 0.518. The van der Waals surface area contributed by atoms with Gasteiger partial charge in [-0.25, -0.2) is 0 Å². The zero-order chi connectivity index (χ0) is 9.73. The summed E-state index contributed by atoms with van der Waals surface area (Å²) in [5.41, 5.74) is 0.0790. The van der Waals surface area contributed by atoms with Gasteiger partial charge in [0.1, 0.15) is 0 Å². The van der Waals surface area contributed by atoms with Crippen molar-refractivity contribution in [3.63, 3.8) is 0 Å². The monoisotopic (exact) mass is 187 g/mol. The van der Waals surface area contributed by atoms with E-state index in [-0.39, 0.29) is 12.0 Å². The van der Waals surface area contributed by atoms with Gasteiger partial charge in [-0.15, -0.1) is 0 Å². The number of ether oxygens (including phenoxy) is 1. The summed E-state index contributed by atoms with van der Waals surface area (Å²) >= 11 is 0. The molecule has 0 aromatic carbocycles. The second-order valence-corrected chi connectivity index (χ2v) is 3.98. The van der Waals surface area contributed by atoms with Gasteiger partial charge in [-0.1, -0.05) is 13.8 Å². The van der Waals surface area contributed by atoms with Crippen LogP contribution in [-0.4, -0.2) is 37.5 Å². The Balaban J connectivity index is 2.27. The minimum atomic E-state index is 0.0790. The lowest BCUT2D eigenvalue weighted by atomic mass is 9.83. The van der Waals surface area contributed by atoms with Crippen LogP contribution in [-0.2, 0) is 4.74 Å². The van der Waals surface area contributed by atoms with Crippen molar-refractivity contribution in [3.05, 3.63) is 0 Å². The molecule has 1 fully saturated rings. The third-order valence-corrected chi connectivity index (χ3v) is 3.24. The molecular formula is C10H21NO2. The SMILES string of the molecule is CCC(CC)(CO)CNC1COC1. The Labute approximate surface area is 80.5 Å². The number of aliphatic hydroxyl groups excluding tert-OH is 1. The highest BCUT2D eigenvalue weighted by Gasteiger charge is 2.27. The van der Waals surface area contributed by atoms with Crippen LogP contribution in [0.25, 0.3) is 0 Å². The van der Waals surface area contributed by atoms with Gasteiger partial charge >= 0.3 is 0 Å². The van der Waals surface area contributed by atoms with Gasteiger partial charge in [0, 0.05) is 18.6 Å². The predicted molar refractivity (Wildman–Crippen MR) is 52.7 cm³/mol. The van der Waals surface area contributed by atoms with Gasteiger partial charge in [0.15, 0.2) is 0 Å². The van der Waals surface area contributed by atoms with Gasteiger partial charge in [-0.2, -0.15) is 0 Å². The summed E-state index contributed by atoms with van der Waals surface area (Å²) in [7, 11) is 0. The second kappa shape index (κ2) is 4.94. The lowest BCUT2D eigenvalue weighted by Crippen LogP contribution is -2.50. The van der Waals surface area contributed by atoms with Crippen molar-refractivity contribution in [2.45, 2.75) is 32.7 Å². The van der Waals surface area contributed by atoms with Crippen molar-refractivity contribution in [2.24, 2.45) is 5.41 Å². The normalized spacial score (nSPS) is 18.7. The molecule has 0 spiro atoms. The van der Waals surface area contributed by atoms with E-state index in [2.05, 4.69) is 19.2 Å². The first kappa shape index (κ1) is 11.0. The molecule has 0 aromatic rings. The standard InChI is InChI=1S/C10H21NO2/c1-3-10(4-2,8-12)7-11-9-5-13-6-9/h9,11-12H,3-8H2,1-2H3. The molecule has 1 rings (SSSR count). The van der Waals surface area contributed by atoms with E-state index in [9.17, 15) is 5.11 Å². The molecule has 13 heavy (non-hydrogen) atoms. The molecule has 3 heteroatoms. The van der Waals surface area contributed by atoms with E-state index in [1.807, 2.05) is 0 Å². The largest absolute Gasteiger partial charge is 0.396 e. The maximum atomic E-state index is 9.31. The molecule has 0 aromatic heterocycles. The van der Waals surface area contributed by atoms with Crippen molar-refractivity contribution < 1.29 is 9.84 Å². The van der Waals surface area contributed by atoms with Gasteiger partial charge in [0.2, 0.25) is 0 Å². The number of rotatable bonds is 6. The average Bonchev–Trinajstić information content (AvgIpc) is 2.11. The van der Waals surface area contributed by atoms with Crippen molar-refractivity contribution in [1.82, 2.24) is 5.32 Å². The smallest absolute Gasteiger partial charge is 0.0643 e. The van der Waals surface area contributed by atoms with Gasteiger partial charge in [-0.3, -0.25) is 0 Å². The zero-order valence-corrected chi connectivity index (χ0v) is 8.68. The van der Waals surface area contributed by atoms with E-state index < -0.39 is 0 Å². The lowest BCUT2D eigenvalue weighted by molar-refractivity contribution is -0.0136. The number of nitrogens with one attached hydrogen (secondary N) is 1. The summed E-state index contributed by atoms with van der Waals surface area (Å²) < 4.78 is 5.08. The molecule has 1 aliphatic heterocycles. The molecule has 0 unspecified atom stereocenters. The van der Waals surface area contributed by atoms with E-state index in [1.165, 1.54) is 0 Å². The van der Waals surface area contributed by atoms with Gasteiger partial charge < -0.3 is 15.2 Å². The minimum Gasteiger partial charge on any atom is -0.396 e. The van der Waals surface area contributed by atoms with Crippen LogP contribution in [0, 0.1) is 5.41 Å². The van der Waals surface area contributed by atoms with Crippen LogP contribution < -0.4 is 5.32 Å². The Bertz CT molecular complexity index is 134. The second-order valence-electron chi connectivity index (χ2n) is 3.98. The average molecular weight is 187 g/mol. The maximum Gasteiger partial charge on any atom is 0.0643 e. The van der Waals surface area contributed by atoms with Crippen LogP contribution in [0.3, 0.4) is 0 Å². The molecule has 0 amide bonds. The summed E-state index contributed by atoms with van der Waals surface area (Å²) in [6.45, 7) is 7.12. The zero-order valence-electron chi connectivity index (χ0n) is 8.68. The van der Waals surface area contributed by atoms with Crippen molar-refractivity contribution in [1.29, 1.82) is 0 Å². The molecule has 1 saturated heterocycles. The van der Waals surface area contributed by atoms with Crippen LogP contribution in [0.4, 0.5) is 0 Å². The minimum absolute atomic E-state index is 0.0790. The molecule has 1 heterocycles. The molecular weight excluding hydrogens is 166 g/mol. The van der Waals surface area contributed by atoms with Gasteiger partial charge in [0.05, 0.1) is 19.3 Å². The topological polar surface area (TPSA) is 41.5 Å². The van der Waals surface area contributed by atoms with Crippen LogP contribution in [0.15, 0.2) is 0 Å². The van der Waals surface area contributed by atoms with Gasteiger partial charge in [-0.05, 0) is 12.8 Å². The third kappa shape index (κ3) is 2.66. The highest BCUT2D eigenvalue weighted by Crippen LogP contribution is 2.24. The van der Waals surface area contributed by atoms with Crippen molar-refractivity contribution in [3.8, 4) is 0 Å². The molecule has 0 atom stereocenters. The fourth-order valence-electron chi connectivity index (χ4n) is 1.49. The molecule has 1 aliphatic rings. The predicted octanol–water partition coefficient (Wildman–Crippen LogP) is 0.773. The first-order valence-electron chi connectivity index (χ1n) is 5.18. The Hall–Kier alpha value is -0.120. The third-order valence-electron chi connectivity index (χ3n) is 3.24. The first-order valence-corrected chi connectivity index (χ1v) is 5.18. The number of hydrogen-bond donors (Lipinski definition) is 2. The van der Waals surface area contributed by atoms with Gasteiger partial charge in [0.25, 0.3) is 0 Å². The Morgan fingerprint density at radius 1 is 1.38 bits per heavy atom. The quantitative estimate of drug-likeness (QED) is 0.645. The lowest BCUT2D eigenvalue weighted by Gasteiger charge is -2.34. The summed E-state index contributed by atoms with van der Waals surface area (Å²) in [6.07, 6.45) is 2.06. The van der Waals surface area contributed by atoms with Crippen LogP contribution >= 0.6 is 0 Å². The van der Waals surface area contributed by atoms with E-state index in [0.29, 0.717) is 6.04 Å². The Kier molecular flexibility index (Phi) is 4.16. The highest BCUT2D eigenvalue weighted by molar-refractivity contribution is 4.82. The molecule has 2 N–H and O–H groups in total. The highest BCUT2D eigenvalue weighted by atomic mass is 16.5. The first-order chi connectivity index (χ1) is 6.26. The summed E-state index contributed by atoms with van der Waals surface area (Å²) in [5.74, 6) is 0. The number of aliphatic hydroxyl groups is 1.